The Bertz CT molecular complexity index is 1230. The number of allylic oxidation sites excluding steroid dienone is 2. The van der Waals surface area contributed by atoms with Crippen molar-refractivity contribution < 1.29 is 14.3 Å². The zero-order valence-corrected chi connectivity index (χ0v) is 20.8. The fourth-order valence-electron chi connectivity index (χ4n) is 3.88. The van der Waals surface area contributed by atoms with Crippen molar-refractivity contribution in [3.8, 4) is 0 Å². The number of benzene rings is 4. The van der Waals surface area contributed by atoms with E-state index in [0.717, 1.165) is 24.0 Å². The lowest BCUT2D eigenvalue weighted by molar-refractivity contribution is 0.103. The molecule has 0 bridgehead atoms. The number of rotatable bonds is 12. The van der Waals surface area contributed by atoms with Gasteiger partial charge in [-0.15, -0.1) is 0 Å². The highest BCUT2D eigenvalue weighted by Crippen LogP contribution is 2.13. The van der Waals surface area contributed by atoms with E-state index in [4.69, 9.17) is 4.74 Å². The molecule has 0 N–H and O–H groups in total. The van der Waals surface area contributed by atoms with Gasteiger partial charge < -0.3 is 4.74 Å². The largest absolute Gasteiger partial charge is 0.373 e. The molecular formula is C34H30O3. The van der Waals surface area contributed by atoms with E-state index < -0.39 is 0 Å². The van der Waals surface area contributed by atoms with Crippen molar-refractivity contribution in [3.63, 3.8) is 0 Å². The van der Waals surface area contributed by atoms with E-state index in [0.29, 0.717) is 35.5 Å². The number of hydrogen-bond acceptors (Lipinski definition) is 3. The van der Waals surface area contributed by atoms with E-state index in [2.05, 4.69) is 12.2 Å². The molecule has 0 aliphatic rings. The molecule has 4 aromatic rings. The van der Waals surface area contributed by atoms with Gasteiger partial charge in [0, 0.05) is 22.3 Å². The van der Waals surface area contributed by atoms with Crippen molar-refractivity contribution in [2.24, 2.45) is 0 Å². The van der Waals surface area contributed by atoms with Crippen LogP contribution in [0.4, 0.5) is 0 Å². The first-order valence-electron chi connectivity index (χ1n) is 12.5. The average molecular weight is 487 g/mol. The van der Waals surface area contributed by atoms with Gasteiger partial charge in [0.1, 0.15) is 0 Å². The molecule has 0 fully saturated rings. The molecule has 0 radical (unpaired) electrons. The van der Waals surface area contributed by atoms with Crippen LogP contribution in [0, 0.1) is 0 Å². The maximum atomic E-state index is 12.5. The Morgan fingerprint density at radius 2 is 0.811 bits per heavy atom. The minimum Gasteiger partial charge on any atom is -0.373 e. The van der Waals surface area contributed by atoms with E-state index in [-0.39, 0.29) is 11.6 Å². The van der Waals surface area contributed by atoms with Crippen LogP contribution in [0.1, 0.15) is 43.0 Å². The van der Waals surface area contributed by atoms with Gasteiger partial charge in [0.15, 0.2) is 11.6 Å². The molecule has 3 heteroatoms. The lowest BCUT2D eigenvalue weighted by atomic mass is 10.0. The molecular weight excluding hydrogens is 456 g/mol. The molecule has 0 heterocycles. The summed E-state index contributed by atoms with van der Waals surface area (Å²) >= 11 is 0. The van der Waals surface area contributed by atoms with Crippen molar-refractivity contribution in [2.75, 3.05) is 13.2 Å². The summed E-state index contributed by atoms with van der Waals surface area (Å²) in [5.41, 5.74) is 5.11. The second-order valence-electron chi connectivity index (χ2n) is 8.67. The van der Waals surface area contributed by atoms with Gasteiger partial charge in [-0.1, -0.05) is 133 Å². The molecule has 4 rings (SSSR count). The molecule has 0 amide bonds. The molecule has 184 valence electrons. The fourth-order valence-corrected chi connectivity index (χ4v) is 3.88. The highest BCUT2D eigenvalue weighted by Gasteiger charge is 2.08. The number of ketones is 2. The summed E-state index contributed by atoms with van der Waals surface area (Å²) in [5.74, 6) is 0.0821. The quantitative estimate of drug-likeness (QED) is 0.122. The monoisotopic (exact) mass is 486 g/mol. The molecule has 0 aliphatic heterocycles. The van der Waals surface area contributed by atoms with E-state index >= 15 is 0 Å². The summed E-state index contributed by atoms with van der Waals surface area (Å²) in [7, 11) is 0. The number of hydrogen-bond donors (Lipinski definition) is 0. The van der Waals surface area contributed by atoms with E-state index in [1.54, 1.807) is 0 Å². The molecule has 0 saturated heterocycles. The Kier molecular flexibility index (Phi) is 9.51. The van der Waals surface area contributed by atoms with Crippen LogP contribution < -0.4 is 0 Å². The summed E-state index contributed by atoms with van der Waals surface area (Å²) in [4.78, 5) is 25.0. The second-order valence-corrected chi connectivity index (χ2v) is 8.67. The Labute approximate surface area is 218 Å². The van der Waals surface area contributed by atoms with Crippen molar-refractivity contribution in [1.29, 1.82) is 0 Å². The van der Waals surface area contributed by atoms with Gasteiger partial charge in [-0.3, -0.25) is 9.59 Å². The molecule has 3 nitrogen and oxygen atoms in total. The van der Waals surface area contributed by atoms with Gasteiger partial charge in [0.25, 0.3) is 0 Å². The Hall–Kier alpha value is -4.34. The van der Waals surface area contributed by atoms with Crippen LogP contribution in [-0.4, -0.2) is 24.8 Å². The number of carbonyl (C=O) groups is 2. The first-order chi connectivity index (χ1) is 18.2. The Balaban J connectivity index is 1.13. The third-order valence-corrected chi connectivity index (χ3v) is 5.97. The van der Waals surface area contributed by atoms with Gasteiger partial charge in [-0.25, -0.2) is 0 Å². The van der Waals surface area contributed by atoms with Crippen LogP contribution in [0.25, 0.3) is 0 Å². The molecule has 0 spiro atoms. The zero-order valence-electron chi connectivity index (χ0n) is 20.8. The Morgan fingerprint density at radius 1 is 0.459 bits per heavy atom. The molecule has 37 heavy (non-hydrogen) atoms. The van der Waals surface area contributed by atoms with Crippen molar-refractivity contribution in [1.82, 2.24) is 0 Å². The third-order valence-electron chi connectivity index (χ3n) is 5.97. The minimum absolute atomic E-state index is 0.0410. The molecule has 4 aromatic carbocycles. The maximum Gasteiger partial charge on any atom is 0.193 e. The highest BCUT2D eigenvalue weighted by molar-refractivity contribution is 6.09. The van der Waals surface area contributed by atoms with Crippen molar-refractivity contribution in [3.05, 3.63) is 167 Å². The van der Waals surface area contributed by atoms with Crippen molar-refractivity contribution >= 4 is 11.6 Å². The summed E-state index contributed by atoms with van der Waals surface area (Å²) in [6.45, 7) is 1.09. The van der Waals surface area contributed by atoms with Gasteiger partial charge in [0.2, 0.25) is 0 Å². The average Bonchev–Trinajstić information content (AvgIpc) is 2.97. The molecule has 0 unspecified atom stereocenters. The molecule has 0 aliphatic carbocycles. The summed E-state index contributed by atoms with van der Waals surface area (Å²) in [6.07, 6.45) is 9.77. The number of ether oxygens (including phenoxy) is 1. The molecule has 0 saturated carbocycles. The van der Waals surface area contributed by atoms with Crippen LogP contribution in [0.3, 0.4) is 0 Å². The van der Waals surface area contributed by atoms with Crippen LogP contribution >= 0.6 is 0 Å². The van der Waals surface area contributed by atoms with Gasteiger partial charge in [0.05, 0.1) is 13.2 Å². The van der Waals surface area contributed by atoms with Gasteiger partial charge in [-0.2, -0.15) is 0 Å². The minimum atomic E-state index is 0.0410. The van der Waals surface area contributed by atoms with Crippen LogP contribution in [-0.2, 0) is 17.6 Å². The van der Waals surface area contributed by atoms with Crippen LogP contribution in [0.5, 0.6) is 0 Å². The SMILES string of the molecule is O=C(c1ccccc1)c1ccc(CC=CCOCC=CCc2ccc(C(=O)c3ccccc3)cc2)cc1. The second kappa shape index (κ2) is 13.7. The Morgan fingerprint density at radius 3 is 1.19 bits per heavy atom. The van der Waals surface area contributed by atoms with E-state index in [9.17, 15) is 9.59 Å². The van der Waals surface area contributed by atoms with Crippen molar-refractivity contribution in [2.45, 2.75) is 12.8 Å². The first kappa shape index (κ1) is 25.7. The van der Waals surface area contributed by atoms with Gasteiger partial charge in [-0.05, 0) is 24.0 Å². The fraction of sp³-hybridized carbons (Fsp3) is 0.118. The van der Waals surface area contributed by atoms with E-state index in [1.807, 2.05) is 121 Å². The lowest BCUT2D eigenvalue weighted by Gasteiger charge is -2.03. The standard InChI is InChI=1S/C34H30O3/c35-33(29-13-3-1-4-14-29)31-21-17-27(18-22-31)11-7-9-25-37-26-10-8-12-28-19-23-32(24-20-28)34(36)30-15-5-2-6-16-30/h1-10,13-24H,11-12,25-26H2. The summed E-state index contributed by atoms with van der Waals surface area (Å²) in [5, 5.41) is 0. The first-order valence-corrected chi connectivity index (χ1v) is 12.5. The predicted octanol–water partition coefficient (Wildman–Crippen LogP) is 7.06. The third kappa shape index (κ3) is 7.83. The predicted molar refractivity (Wildman–Crippen MR) is 149 cm³/mol. The summed E-state index contributed by atoms with van der Waals surface area (Å²) in [6, 6.07) is 34.2. The molecule has 0 aromatic heterocycles. The van der Waals surface area contributed by atoms with Gasteiger partial charge >= 0.3 is 0 Å². The summed E-state index contributed by atoms with van der Waals surface area (Å²) < 4.78 is 5.65. The highest BCUT2D eigenvalue weighted by atomic mass is 16.5. The number of carbonyl (C=O) groups excluding carboxylic acids is 2. The van der Waals surface area contributed by atoms with E-state index in [1.165, 1.54) is 0 Å². The molecule has 0 atom stereocenters. The topological polar surface area (TPSA) is 43.4 Å². The van der Waals surface area contributed by atoms with Crippen LogP contribution in [0.2, 0.25) is 0 Å². The smallest absolute Gasteiger partial charge is 0.193 e. The zero-order chi connectivity index (χ0) is 25.7. The van der Waals surface area contributed by atoms with Crippen LogP contribution in [0.15, 0.2) is 133 Å². The maximum absolute atomic E-state index is 12.5. The lowest BCUT2D eigenvalue weighted by Crippen LogP contribution is -2.00. The normalized spacial score (nSPS) is 11.2.